The molecule has 0 aliphatic heterocycles. The number of halogens is 2. The van der Waals surface area contributed by atoms with Gasteiger partial charge < -0.3 is 15.8 Å². The molecule has 2 aliphatic rings. The van der Waals surface area contributed by atoms with Crippen LogP contribution in [0.15, 0.2) is 12.1 Å². The Kier molecular flexibility index (Phi) is 4.53. The van der Waals surface area contributed by atoms with Gasteiger partial charge >= 0.3 is 0 Å². The summed E-state index contributed by atoms with van der Waals surface area (Å²) >= 11 is 0. The van der Waals surface area contributed by atoms with Crippen LogP contribution in [0.5, 0.6) is 5.75 Å². The topological polar surface area (TPSA) is 64.3 Å². The van der Waals surface area contributed by atoms with E-state index in [1.807, 2.05) is 0 Å². The average Bonchev–Trinajstić information content (AvgIpc) is 2.46. The smallest absolute Gasteiger partial charge is 0.227 e. The Labute approximate surface area is 134 Å². The van der Waals surface area contributed by atoms with Crippen molar-refractivity contribution >= 4 is 11.6 Å². The number of benzene rings is 1. The Morgan fingerprint density at radius 2 is 1.78 bits per heavy atom. The van der Waals surface area contributed by atoms with Gasteiger partial charge in [0.2, 0.25) is 5.91 Å². The van der Waals surface area contributed by atoms with E-state index in [2.05, 4.69) is 10.1 Å². The van der Waals surface area contributed by atoms with Gasteiger partial charge in [0.1, 0.15) is 0 Å². The zero-order valence-corrected chi connectivity index (χ0v) is 13.1. The molecular weight excluding hydrogens is 302 g/mol. The number of ether oxygens (including phenoxy) is 1. The first-order valence-corrected chi connectivity index (χ1v) is 8.09. The molecule has 6 heteroatoms. The highest BCUT2D eigenvalue weighted by Gasteiger charge is 2.40. The Morgan fingerprint density at radius 3 is 2.30 bits per heavy atom. The highest BCUT2D eigenvalue weighted by atomic mass is 19.1. The number of amides is 1. The zero-order valence-electron chi connectivity index (χ0n) is 13.1. The monoisotopic (exact) mass is 324 g/mol. The molecule has 3 N–H and O–H groups in total. The summed E-state index contributed by atoms with van der Waals surface area (Å²) in [6, 6.07) is 2.34. The fourth-order valence-corrected chi connectivity index (χ4v) is 4.07. The molecule has 23 heavy (non-hydrogen) atoms. The molecule has 4 nitrogen and oxygen atoms in total. The molecule has 0 aromatic heterocycles. The Hall–Kier alpha value is -1.69. The van der Waals surface area contributed by atoms with Crippen molar-refractivity contribution in [1.29, 1.82) is 0 Å². The number of anilines is 1. The average molecular weight is 324 g/mol. The van der Waals surface area contributed by atoms with Crippen LogP contribution in [0.1, 0.15) is 32.1 Å². The summed E-state index contributed by atoms with van der Waals surface area (Å²) in [5, 5.41) is 2.63. The first kappa shape index (κ1) is 16.2. The third-order valence-electron chi connectivity index (χ3n) is 5.25. The van der Waals surface area contributed by atoms with Gasteiger partial charge in [-0.1, -0.05) is 6.42 Å². The fraction of sp³-hybridized carbons (Fsp3) is 0.588. The molecule has 126 valence electrons. The number of nitrogens with two attached hydrogens (primary N) is 1. The lowest BCUT2D eigenvalue weighted by Crippen LogP contribution is -2.48. The maximum absolute atomic E-state index is 13.7. The van der Waals surface area contributed by atoms with Crippen molar-refractivity contribution in [2.24, 2.45) is 23.5 Å². The molecule has 3 rings (SSSR count). The molecule has 0 spiro atoms. The number of fused-ring (bicyclic) bond motifs is 2. The van der Waals surface area contributed by atoms with E-state index in [1.165, 1.54) is 13.5 Å². The second-order valence-corrected chi connectivity index (χ2v) is 6.66. The zero-order chi connectivity index (χ0) is 16.6. The van der Waals surface area contributed by atoms with E-state index >= 15 is 0 Å². The highest BCUT2D eigenvalue weighted by molar-refractivity contribution is 5.92. The normalized spacial score (nSPS) is 29.9. The third-order valence-corrected chi connectivity index (χ3v) is 5.25. The lowest BCUT2D eigenvalue weighted by atomic mass is 9.65. The first-order chi connectivity index (χ1) is 11.0. The van der Waals surface area contributed by atoms with Crippen molar-refractivity contribution in [3.63, 3.8) is 0 Å². The minimum atomic E-state index is -0.828. The summed E-state index contributed by atoms with van der Waals surface area (Å²) in [4.78, 5) is 12.5. The van der Waals surface area contributed by atoms with Crippen LogP contribution in [0.4, 0.5) is 14.5 Å². The maximum atomic E-state index is 13.7. The third kappa shape index (κ3) is 3.17. The van der Waals surface area contributed by atoms with Crippen LogP contribution in [0, 0.1) is 29.4 Å². The van der Waals surface area contributed by atoms with E-state index in [0.717, 1.165) is 37.8 Å². The molecule has 2 unspecified atom stereocenters. The lowest BCUT2D eigenvalue weighted by molar-refractivity contribution is -0.122. The molecule has 1 amide bonds. The number of hydrogen-bond donors (Lipinski definition) is 2. The first-order valence-electron chi connectivity index (χ1n) is 8.09. The van der Waals surface area contributed by atoms with E-state index < -0.39 is 17.4 Å². The Balaban J connectivity index is 1.70. The van der Waals surface area contributed by atoms with E-state index in [-0.39, 0.29) is 23.6 Å². The predicted octanol–water partition coefficient (Wildman–Crippen LogP) is 3.07. The molecule has 0 saturated heterocycles. The molecule has 0 heterocycles. The van der Waals surface area contributed by atoms with Gasteiger partial charge in [0.25, 0.3) is 0 Å². The van der Waals surface area contributed by atoms with Gasteiger partial charge in [-0.25, -0.2) is 8.78 Å². The van der Waals surface area contributed by atoms with Crippen LogP contribution in [0.3, 0.4) is 0 Å². The highest BCUT2D eigenvalue weighted by Crippen LogP contribution is 2.42. The summed E-state index contributed by atoms with van der Waals surface area (Å²) in [6.45, 7) is 0. The summed E-state index contributed by atoms with van der Waals surface area (Å²) in [7, 11) is 1.20. The van der Waals surface area contributed by atoms with Gasteiger partial charge in [-0.15, -0.1) is 0 Å². The molecule has 2 atom stereocenters. The Morgan fingerprint density at radius 1 is 1.22 bits per heavy atom. The van der Waals surface area contributed by atoms with Gasteiger partial charge in [-0.3, -0.25) is 4.79 Å². The number of rotatable bonds is 3. The Bertz CT molecular complexity index is 571. The molecule has 1 aromatic rings. The van der Waals surface area contributed by atoms with Crippen LogP contribution < -0.4 is 15.8 Å². The summed E-state index contributed by atoms with van der Waals surface area (Å²) in [5.74, 6) is -1.67. The fourth-order valence-electron chi connectivity index (χ4n) is 4.07. The largest absolute Gasteiger partial charge is 0.491 e. The number of methoxy groups -OCH3 is 1. The lowest BCUT2D eigenvalue weighted by Gasteiger charge is -2.43. The van der Waals surface area contributed by atoms with Gasteiger partial charge in [-0.05, 0) is 37.5 Å². The number of hydrogen-bond acceptors (Lipinski definition) is 3. The van der Waals surface area contributed by atoms with Crippen molar-refractivity contribution in [3.8, 4) is 5.75 Å². The van der Waals surface area contributed by atoms with E-state index in [4.69, 9.17) is 5.73 Å². The molecule has 1 aromatic carbocycles. The SMILES string of the molecule is COc1c(F)cc(NC(=O)C2CC3CCCC(C2)C3N)cc1F. The summed E-state index contributed by atoms with van der Waals surface area (Å²) in [6.07, 6.45) is 4.81. The van der Waals surface area contributed by atoms with Crippen molar-refractivity contribution in [1.82, 2.24) is 0 Å². The maximum Gasteiger partial charge on any atom is 0.227 e. The van der Waals surface area contributed by atoms with Crippen LogP contribution >= 0.6 is 0 Å². The minimum absolute atomic E-state index is 0.117. The summed E-state index contributed by atoms with van der Waals surface area (Å²) < 4.78 is 32.1. The molecule has 2 fully saturated rings. The second-order valence-electron chi connectivity index (χ2n) is 6.66. The molecular formula is C17H22F2N2O2. The van der Waals surface area contributed by atoms with Crippen molar-refractivity contribution < 1.29 is 18.3 Å². The quantitative estimate of drug-likeness (QED) is 0.898. The van der Waals surface area contributed by atoms with Crippen LogP contribution in [-0.2, 0) is 4.79 Å². The molecule has 2 bridgehead atoms. The van der Waals surface area contributed by atoms with Crippen LogP contribution in [0.25, 0.3) is 0 Å². The van der Waals surface area contributed by atoms with Crippen LogP contribution in [-0.4, -0.2) is 19.1 Å². The van der Waals surface area contributed by atoms with Crippen molar-refractivity contribution in [2.75, 3.05) is 12.4 Å². The van der Waals surface area contributed by atoms with Crippen molar-refractivity contribution in [3.05, 3.63) is 23.8 Å². The second kappa shape index (κ2) is 6.43. The number of nitrogens with one attached hydrogen (secondary N) is 1. The van der Waals surface area contributed by atoms with Gasteiger partial charge in [0.05, 0.1) is 7.11 Å². The van der Waals surface area contributed by atoms with Gasteiger partial charge in [0, 0.05) is 29.8 Å². The minimum Gasteiger partial charge on any atom is -0.491 e. The van der Waals surface area contributed by atoms with Crippen LogP contribution in [0.2, 0.25) is 0 Å². The summed E-state index contributed by atoms with van der Waals surface area (Å²) in [5.41, 5.74) is 6.34. The molecule has 2 saturated carbocycles. The standard InChI is InChI=1S/C17H22F2N2O2/c1-23-16-13(18)7-12(8-14(16)19)21-17(22)11-5-9-3-2-4-10(6-11)15(9)20/h7-11,15H,2-6,20H2,1H3,(H,21,22). The number of carbonyl (C=O) groups excluding carboxylic acids is 1. The molecule has 0 radical (unpaired) electrons. The van der Waals surface area contributed by atoms with Crippen molar-refractivity contribution in [2.45, 2.75) is 38.1 Å². The molecule has 2 aliphatic carbocycles. The predicted molar refractivity (Wildman–Crippen MR) is 83.1 cm³/mol. The van der Waals surface area contributed by atoms with Gasteiger partial charge in [0.15, 0.2) is 17.4 Å². The van der Waals surface area contributed by atoms with Gasteiger partial charge in [-0.2, -0.15) is 0 Å². The van der Waals surface area contributed by atoms with E-state index in [9.17, 15) is 13.6 Å². The van der Waals surface area contributed by atoms with E-state index in [1.54, 1.807) is 0 Å². The number of carbonyl (C=O) groups is 1. The van der Waals surface area contributed by atoms with E-state index in [0.29, 0.717) is 11.8 Å².